The van der Waals surface area contributed by atoms with Crippen LogP contribution in [0.1, 0.15) is 23.7 Å². The first-order valence-corrected chi connectivity index (χ1v) is 8.95. The zero-order valence-electron chi connectivity index (χ0n) is 14.7. The number of allylic oxidation sites excluding steroid dienone is 1. The average molecular weight is 373 g/mol. The lowest BCUT2D eigenvalue weighted by atomic mass is 10.0. The van der Waals surface area contributed by atoms with Crippen LogP contribution in [0.5, 0.6) is 0 Å². The summed E-state index contributed by atoms with van der Waals surface area (Å²) in [5.41, 5.74) is 5.16. The maximum Gasteiger partial charge on any atom is 0.159 e. The predicted molar refractivity (Wildman–Crippen MR) is 103 cm³/mol. The van der Waals surface area contributed by atoms with Crippen LogP contribution in [0.15, 0.2) is 36.4 Å². The number of likely N-dealkylation sites (N-methyl/N-ethyl adjacent to an activating group) is 1. The quantitative estimate of drug-likeness (QED) is 0.570. The van der Waals surface area contributed by atoms with Crippen molar-refractivity contribution in [2.24, 2.45) is 0 Å². The molecule has 134 valence electrons. The van der Waals surface area contributed by atoms with Crippen LogP contribution < -0.4 is 0 Å². The van der Waals surface area contributed by atoms with Gasteiger partial charge in [0.05, 0.1) is 5.52 Å². The van der Waals surface area contributed by atoms with Gasteiger partial charge in [-0.05, 0) is 61.0 Å². The van der Waals surface area contributed by atoms with Crippen molar-refractivity contribution in [1.82, 2.24) is 9.47 Å². The summed E-state index contributed by atoms with van der Waals surface area (Å²) in [4.78, 5) is 2.29. The van der Waals surface area contributed by atoms with Gasteiger partial charge in [-0.15, -0.1) is 0 Å². The van der Waals surface area contributed by atoms with Gasteiger partial charge in [0.15, 0.2) is 11.6 Å². The molecule has 1 aliphatic rings. The van der Waals surface area contributed by atoms with Gasteiger partial charge < -0.3 is 9.47 Å². The van der Waals surface area contributed by atoms with E-state index in [1.54, 1.807) is 6.07 Å². The summed E-state index contributed by atoms with van der Waals surface area (Å²) < 4.78 is 29.0. The van der Waals surface area contributed by atoms with Crippen molar-refractivity contribution < 1.29 is 8.78 Å². The molecule has 0 atom stereocenters. The Morgan fingerprint density at radius 2 is 1.92 bits per heavy atom. The van der Waals surface area contributed by atoms with E-state index < -0.39 is 11.6 Å². The number of aromatic nitrogens is 1. The van der Waals surface area contributed by atoms with Gasteiger partial charge in [0.2, 0.25) is 0 Å². The predicted octanol–water partition coefficient (Wildman–Crippen LogP) is 5.58. The molecule has 0 fully saturated rings. The molecule has 2 heterocycles. The third kappa shape index (κ3) is 2.93. The molecule has 1 aliphatic heterocycles. The van der Waals surface area contributed by atoms with Crippen molar-refractivity contribution in [2.45, 2.75) is 19.9 Å². The largest absolute Gasteiger partial charge is 0.320 e. The Labute approximate surface area is 156 Å². The van der Waals surface area contributed by atoms with Gasteiger partial charge >= 0.3 is 0 Å². The Morgan fingerprint density at radius 3 is 2.69 bits per heavy atom. The fourth-order valence-corrected chi connectivity index (χ4v) is 3.83. The molecule has 2 nitrogen and oxygen atoms in total. The summed E-state index contributed by atoms with van der Waals surface area (Å²) in [6, 6.07) is 9.92. The highest BCUT2D eigenvalue weighted by Gasteiger charge is 2.22. The number of benzene rings is 2. The molecule has 5 heteroatoms. The molecule has 0 aliphatic carbocycles. The molecular formula is C21H19ClF2N2. The summed E-state index contributed by atoms with van der Waals surface area (Å²) in [7, 11) is 2.11. The molecule has 3 aromatic rings. The van der Waals surface area contributed by atoms with E-state index in [0.717, 1.165) is 36.0 Å². The van der Waals surface area contributed by atoms with Gasteiger partial charge in [-0.2, -0.15) is 0 Å². The summed E-state index contributed by atoms with van der Waals surface area (Å²) in [6.45, 7) is 3.77. The van der Waals surface area contributed by atoms with Gasteiger partial charge in [-0.1, -0.05) is 17.7 Å². The highest BCUT2D eigenvalue weighted by molar-refractivity contribution is 6.31. The first-order chi connectivity index (χ1) is 12.4. The van der Waals surface area contributed by atoms with E-state index in [-0.39, 0.29) is 0 Å². The van der Waals surface area contributed by atoms with Gasteiger partial charge in [0, 0.05) is 41.8 Å². The van der Waals surface area contributed by atoms with Crippen LogP contribution >= 0.6 is 11.6 Å². The molecule has 0 radical (unpaired) electrons. The van der Waals surface area contributed by atoms with E-state index in [9.17, 15) is 8.78 Å². The zero-order chi connectivity index (χ0) is 18.4. The molecule has 2 aromatic carbocycles. The molecule has 0 saturated heterocycles. The first-order valence-electron chi connectivity index (χ1n) is 8.57. The van der Waals surface area contributed by atoms with E-state index in [2.05, 4.69) is 16.5 Å². The van der Waals surface area contributed by atoms with Crippen molar-refractivity contribution >= 4 is 34.3 Å². The third-order valence-electron chi connectivity index (χ3n) is 5.04. The summed E-state index contributed by atoms with van der Waals surface area (Å²) >= 11 is 6.23. The Morgan fingerprint density at radius 1 is 1.12 bits per heavy atom. The maximum absolute atomic E-state index is 13.6. The summed E-state index contributed by atoms with van der Waals surface area (Å²) in [6.07, 6.45) is 2.94. The van der Waals surface area contributed by atoms with E-state index in [1.807, 2.05) is 31.3 Å². The van der Waals surface area contributed by atoms with Crippen molar-refractivity contribution in [3.8, 4) is 0 Å². The number of rotatable bonds is 2. The van der Waals surface area contributed by atoms with Crippen molar-refractivity contribution in [1.29, 1.82) is 0 Å². The van der Waals surface area contributed by atoms with Gasteiger partial charge in [-0.25, -0.2) is 8.78 Å². The van der Waals surface area contributed by atoms with Gasteiger partial charge in [0.25, 0.3) is 0 Å². The van der Waals surface area contributed by atoms with E-state index >= 15 is 0 Å². The van der Waals surface area contributed by atoms with Crippen LogP contribution in [0, 0.1) is 11.6 Å². The smallest absolute Gasteiger partial charge is 0.159 e. The van der Waals surface area contributed by atoms with E-state index in [4.69, 9.17) is 11.6 Å². The van der Waals surface area contributed by atoms with Crippen molar-refractivity contribution in [3.05, 3.63) is 69.9 Å². The van der Waals surface area contributed by atoms with Crippen LogP contribution in [-0.2, 0) is 13.0 Å². The minimum absolute atomic E-state index is 0.668. The fraction of sp³-hybridized carbons (Fsp3) is 0.238. The lowest BCUT2D eigenvalue weighted by Crippen LogP contribution is -2.26. The van der Waals surface area contributed by atoms with Gasteiger partial charge in [0.1, 0.15) is 0 Å². The normalized spacial score (nSPS) is 15.5. The number of fused-ring (bicyclic) bond motifs is 3. The monoisotopic (exact) mass is 372 g/mol. The SMILES string of the molecule is CC(=Cn1c2c(c3cc(Cl)ccc31)CN(C)CC2)c1ccc(F)c(F)c1. The second-order valence-electron chi connectivity index (χ2n) is 6.89. The van der Waals surface area contributed by atoms with E-state index in [1.165, 1.54) is 23.4 Å². The lowest BCUT2D eigenvalue weighted by Gasteiger charge is -2.23. The summed E-state index contributed by atoms with van der Waals surface area (Å²) in [5.74, 6) is -1.66. The first kappa shape index (κ1) is 17.3. The highest BCUT2D eigenvalue weighted by atomic mass is 35.5. The molecule has 0 spiro atoms. The second-order valence-corrected chi connectivity index (χ2v) is 7.32. The zero-order valence-corrected chi connectivity index (χ0v) is 15.4. The number of hydrogen-bond acceptors (Lipinski definition) is 1. The topological polar surface area (TPSA) is 8.17 Å². The molecule has 4 rings (SSSR count). The molecular weight excluding hydrogens is 354 g/mol. The van der Waals surface area contributed by atoms with E-state index in [0.29, 0.717) is 10.6 Å². The molecule has 0 amide bonds. The molecule has 0 saturated carbocycles. The Bertz CT molecular complexity index is 1040. The van der Waals surface area contributed by atoms with Crippen LogP contribution in [0.2, 0.25) is 5.02 Å². The molecule has 1 aromatic heterocycles. The molecule has 0 bridgehead atoms. The number of halogens is 3. The van der Waals surface area contributed by atoms with Crippen LogP contribution in [0.25, 0.3) is 22.7 Å². The fourth-order valence-electron chi connectivity index (χ4n) is 3.66. The second kappa shape index (κ2) is 6.53. The average Bonchev–Trinajstić information content (AvgIpc) is 2.90. The Kier molecular flexibility index (Phi) is 4.33. The Hall–Kier alpha value is -2.17. The number of hydrogen-bond donors (Lipinski definition) is 0. The number of nitrogens with zero attached hydrogens (tertiary/aromatic N) is 2. The molecule has 26 heavy (non-hydrogen) atoms. The van der Waals surface area contributed by atoms with Crippen LogP contribution in [0.3, 0.4) is 0 Å². The van der Waals surface area contributed by atoms with Crippen molar-refractivity contribution in [2.75, 3.05) is 13.6 Å². The standard InChI is InChI=1S/C21H19ClF2N2/c1-13(14-3-5-18(23)19(24)9-14)11-26-20-6-4-15(22)10-16(20)17-12-25(2)8-7-21(17)26/h3-6,9-11H,7-8,12H2,1-2H3. The van der Waals surface area contributed by atoms with Crippen molar-refractivity contribution in [3.63, 3.8) is 0 Å². The van der Waals surface area contributed by atoms with Crippen LogP contribution in [0.4, 0.5) is 8.78 Å². The minimum atomic E-state index is -0.831. The van der Waals surface area contributed by atoms with Gasteiger partial charge in [-0.3, -0.25) is 0 Å². The minimum Gasteiger partial charge on any atom is -0.320 e. The highest BCUT2D eigenvalue weighted by Crippen LogP contribution is 2.33. The lowest BCUT2D eigenvalue weighted by molar-refractivity contribution is 0.312. The summed E-state index contributed by atoms with van der Waals surface area (Å²) in [5, 5.41) is 1.86. The maximum atomic E-state index is 13.6. The third-order valence-corrected chi connectivity index (χ3v) is 5.27. The Balaban J connectivity index is 1.89. The molecule has 0 unspecified atom stereocenters. The van der Waals surface area contributed by atoms with Crippen LogP contribution in [-0.4, -0.2) is 23.1 Å². The molecule has 0 N–H and O–H groups in total.